The van der Waals surface area contributed by atoms with Crippen LogP contribution < -0.4 is 5.32 Å². The molecule has 0 fully saturated rings. The summed E-state index contributed by atoms with van der Waals surface area (Å²) in [5, 5.41) is 11.2. The molecule has 6 nitrogen and oxygen atoms in total. The first-order chi connectivity index (χ1) is 11.5. The van der Waals surface area contributed by atoms with Crippen LogP contribution in [0.2, 0.25) is 0 Å². The van der Waals surface area contributed by atoms with Gasteiger partial charge in [0, 0.05) is 5.69 Å². The van der Waals surface area contributed by atoms with Crippen LogP contribution in [0, 0.1) is 20.8 Å². The minimum Gasteiger partial charge on any atom is -0.469 e. The van der Waals surface area contributed by atoms with Crippen molar-refractivity contribution < 1.29 is 13.6 Å². The number of furan rings is 1. The lowest BCUT2D eigenvalue weighted by molar-refractivity contribution is -0.113. The zero-order valence-electron chi connectivity index (χ0n) is 13.6. The topological polar surface area (TPSA) is 81.2 Å². The number of para-hydroxylation sites is 1. The van der Waals surface area contributed by atoms with Gasteiger partial charge in [-0.05, 0) is 38.0 Å². The van der Waals surface area contributed by atoms with Gasteiger partial charge in [0.05, 0.1) is 17.6 Å². The van der Waals surface area contributed by atoms with Gasteiger partial charge in [-0.25, -0.2) is 0 Å². The molecule has 1 aromatic carbocycles. The molecule has 0 bridgehead atoms. The molecule has 0 spiro atoms. The van der Waals surface area contributed by atoms with E-state index in [1.165, 1.54) is 11.8 Å². The van der Waals surface area contributed by atoms with Crippen LogP contribution in [0.3, 0.4) is 0 Å². The largest absolute Gasteiger partial charge is 0.469 e. The fraction of sp³-hybridized carbons (Fsp3) is 0.235. The van der Waals surface area contributed by atoms with E-state index in [9.17, 15) is 4.79 Å². The van der Waals surface area contributed by atoms with Gasteiger partial charge in [0.1, 0.15) is 5.76 Å². The molecule has 0 saturated heterocycles. The minimum absolute atomic E-state index is 0.114. The van der Waals surface area contributed by atoms with Gasteiger partial charge in [-0.1, -0.05) is 30.0 Å². The highest BCUT2D eigenvalue weighted by atomic mass is 32.2. The van der Waals surface area contributed by atoms with Crippen molar-refractivity contribution in [2.45, 2.75) is 26.0 Å². The zero-order chi connectivity index (χ0) is 17.1. The molecule has 0 radical (unpaired) electrons. The van der Waals surface area contributed by atoms with E-state index in [2.05, 4.69) is 15.5 Å². The number of rotatable bonds is 5. The Kier molecular flexibility index (Phi) is 4.71. The van der Waals surface area contributed by atoms with Gasteiger partial charge in [0.25, 0.3) is 11.1 Å². The van der Waals surface area contributed by atoms with Gasteiger partial charge in [0.15, 0.2) is 0 Å². The molecule has 1 amide bonds. The van der Waals surface area contributed by atoms with Crippen LogP contribution in [0.5, 0.6) is 0 Å². The van der Waals surface area contributed by atoms with Crippen LogP contribution >= 0.6 is 11.8 Å². The van der Waals surface area contributed by atoms with Gasteiger partial charge >= 0.3 is 0 Å². The summed E-state index contributed by atoms with van der Waals surface area (Å²) in [6.07, 6.45) is 1.57. The Labute approximate surface area is 143 Å². The first kappa shape index (κ1) is 16.3. The Bertz CT molecular complexity index is 849. The van der Waals surface area contributed by atoms with Crippen molar-refractivity contribution in [1.29, 1.82) is 0 Å². The van der Waals surface area contributed by atoms with E-state index in [1.54, 1.807) is 12.3 Å². The Hall–Kier alpha value is -2.54. The predicted octanol–water partition coefficient (Wildman–Crippen LogP) is 3.99. The lowest BCUT2D eigenvalue weighted by atomic mass is 10.1. The summed E-state index contributed by atoms with van der Waals surface area (Å²) in [5.74, 6) is 1.18. The van der Waals surface area contributed by atoms with Crippen molar-refractivity contribution in [2.75, 3.05) is 11.1 Å². The molecule has 0 aliphatic carbocycles. The molecule has 2 aromatic heterocycles. The van der Waals surface area contributed by atoms with E-state index in [0.29, 0.717) is 16.9 Å². The number of anilines is 1. The maximum Gasteiger partial charge on any atom is 0.277 e. The average Bonchev–Trinajstić information content (AvgIpc) is 3.17. The van der Waals surface area contributed by atoms with Gasteiger partial charge in [-0.2, -0.15) is 0 Å². The number of aryl methyl sites for hydroxylation is 3. The Morgan fingerprint density at radius 3 is 2.58 bits per heavy atom. The SMILES string of the molecule is Cc1cccc(C)c1NC(=O)CSc1nnc(-c2ccoc2C)o1. The molecular weight excluding hydrogens is 326 g/mol. The molecule has 3 aromatic rings. The van der Waals surface area contributed by atoms with E-state index >= 15 is 0 Å². The normalized spacial score (nSPS) is 10.8. The smallest absolute Gasteiger partial charge is 0.277 e. The van der Waals surface area contributed by atoms with Crippen LogP contribution in [0.4, 0.5) is 5.69 Å². The van der Waals surface area contributed by atoms with Crippen molar-refractivity contribution in [2.24, 2.45) is 0 Å². The van der Waals surface area contributed by atoms with Gasteiger partial charge < -0.3 is 14.2 Å². The number of amides is 1. The second-order valence-electron chi connectivity index (χ2n) is 5.37. The van der Waals surface area contributed by atoms with E-state index in [0.717, 1.165) is 22.4 Å². The highest BCUT2D eigenvalue weighted by molar-refractivity contribution is 7.99. The Morgan fingerprint density at radius 1 is 1.17 bits per heavy atom. The number of nitrogens with zero attached hydrogens (tertiary/aromatic N) is 2. The number of thioether (sulfide) groups is 1. The molecule has 0 aliphatic heterocycles. The van der Waals surface area contributed by atoms with Gasteiger partial charge in [-0.3, -0.25) is 4.79 Å². The molecule has 0 atom stereocenters. The Morgan fingerprint density at radius 2 is 1.92 bits per heavy atom. The maximum atomic E-state index is 12.1. The first-order valence-corrected chi connectivity index (χ1v) is 8.40. The molecule has 3 rings (SSSR count). The third kappa shape index (κ3) is 3.51. The van der Waals surface area contributed by atoms with Crippen molar-refractivity contribution in [3.8, 4) is 11.5 Å². The number of benzene rings is 1. The van der Waals surface area contributed by atoms with Crippen LogP contribution in [0.1, 0.15) is 16.9 Å². The number of nitrogens with one attached hydrogen (secondary N) is 1. The fourth-order valence-electron chi connectivity index (χ4n) is 2.30. The summed E-state index contributed by atoms with van der Waals surface area (Å²) in [7, 11) is 0. The second kappa shape index (κ2) is 6.92. The molecule has 0 aliphatic rings. The van der Waals surface area contributed by atoms with Gasteiger partial charge in [-0.15, -0.1) is 10.2 Å². The highest BCUT2D eigenvalue weighted by Gasteiger charge is 2.15. The molecule has 2 heterocycles. The van der Waals surface area contributed by atoms with E-state index in [4.69, 9.17) is 8.83 Å². The van der Waals surface area contributed by atoms with Crippen molar-refractivity contribution in [3.05, 3.63) is 47.4 Å². The van der Waals surface area contributed by atoms with E-state index in [1.807, 2.05) is 39.0 Å². The molecule has 0 saturated carbocycles. The van der Waals surface area contributed by atoms with Crippen LogP contribution in [0.15, 0.2) is 44.6 Å². The number of aromatic nitrogens is 2. The maximum absolute atomic E-state index is 12.1. The second-order valence-corrected chi connectivity index (χ2v) is 6.29. The summed E-state index contributed by atoms with van der Waals surface area (Å²) in [4.78, 5) is 12.1. The molecule has 1 N–H and O–H groups in total. The lowest BCUT2D eigenvalue weighted by Crippen LogP contribution is -2.15. The molecule has 0 unspecified atom stereocenters. The van der Waals surface area contributed by atoms with Crippen molar-refractivity contribution in [3.63, 3.8) is 0 Å². The number of carbonyl (C=O) groups is 1. The summed E-state index contributed by atoms with van der Waals surface area (Å²) in [6, 6.07) is 7.67. The number of hydrogen-bond donors (Lipinski definition) is 1. The molecule has 24 heavy (non-hydrogen) atoms. The monoisotopic (exact) mass is 343 g/mol. The van der Waals surface area contributed by atoms with Crippen LogP contribution in [0.25, 0.3) is 11.5 Å². The summed E-state index contributed by atoms with van der Waals surface area (Å²) in [5.41, 5.74) is 3.67. The standard InChI is InChI=1S/C17H17N3O3S/c1-10-5-4-6-11(2)15(10)18-14(21)9-24-17-20-19-16(23-17)13-7-8-22-12(13)3/h4-8H,9H2,1-3H3,(H,18,21). The first-order valence-electron chi connectivity index (χ1n) is 7.41. The number of hydrogen-bond acceptors (Lipinski definition) is 6. The van der Waals surface area contributed by atoms with Crippen LogP contribution in [-0.2, 0) is 4.79 Å². The van der Waals surface area contributed by atoms with E-state index in [-0.39, 0.29) is 11.7 Å². The van der Waals surface area contributed by atoms with Crippen molar-refractivity contribution in [1.82, 2.24) is 10.2 Å². The fourth-order valence-corrected chi connectivity index (χ4v) is 2.86. The lowest BCUT2D eigenvalue weighted by Gasteiger charge is -2.10. The summed E-state index contributed by atoms with van der Waals surface area (Å²) in [6.45, 7) is 5.75. The highest BCUT2D eigenvalue weighted by Crippen LogP contribution is 2.26. The minimum atomic E-state index is -0.114. The Balaban J connectivity index is 1.61. The third-order valence-electron chi connectivity index (χ3n) is 3.57. The molecular formula is C17H17N3O3S. The quantitative estimate of drug-likeness (QED) is 0.706. The van der Waals surface area contributed by atoms with Gasteiger partial charge in [0.2, 0.25) is 5.91 Å². The molecule has 7 heteroatoms. The zero-order valence-corrected chi connectivity index (χ0v) is 14.4. The third-order valence-corrected chi connectivity index (χ3v) is 4.39. The predicted molar refractivity (Wildman–Crippen MR) is 92.0 cm³/mol. The number of carbonyl (C=O) groups excluding carboxylic acids is 1. The average molecular weight is 343 g/mol. The van der Waals surface area contributed by atoms with Crippen molar-refractivity contribution >= 4 is 23.4 Å². The van der Waals surface area contributed by atoms with Crippen LogP contribution in [-0.4, -0.2) is 21.9 Å². The summed E-state index contributed by atoms with van der Waals surface area (Å²) < 4.78 is 10.8. The van der Waals surface area contributed by atoms with E-state index < -0.39 is 0 Å². The summed E-state index contributed by atoms with van der Waals surface area (Å²) >= 11 is 1.20. The molecule has 124 valence electrons.